The van der Waals surface area contributed by atoms with Crippen LogP contribution in [0.3, 0.4) is 0 Å². The van der Waals surface area contributed by atoms with Crippen LogP contribution in [0.5, 0.6) is 0 Å². The van der Waals surface area contributed by atoms with Crippen LogP contribution < -0.4 is 22.9 Å². The van der Waals surface area contributed by atoms with Gasteiger partial charge >= 0.3 is 0 Å². The van der Waals surface area contributed by atoms with Crippen LogP contribution in [0.1, 0.15) is 0 Å². The average Bonchev–Trinajstić information content (AvgIpc) is 2.75. The maximum absolute atomic E-state index is 6.31. The summed E-state index contributed by atoms with van der Waals surface area (Å²) in [6, 6.07) is 27.8. The zero-order valence-corrected chi connectivity index (χ0v) is 19.1. The molecule has 0 heterocycles. The van der Waals surface area contributed by atoms with E-state index in [0.717, 1.165) is 52.1 Å². The van der Waals surface area contributed by atoms with Crippen LogP contribution in [0, 0.1) is 0 Å². The van der Waals surface area contributed by atoms with Crippen molar-refractivity contribution in [3.63, 3.8) is 0 Å². The number of nitrogens with two attached hydrogens (primary N) is 4. The minimum atomic E-state index is 0.746. The first-order valence-electron chi connectivity index (χ1n) is 9.50. The Hall–Kier alpha value is -2.87. The highest BCUT2D eigenvalue weighted by molar-refractivity contribution is 8.00. The highest BCUT2D eigenvalue weighted by atomic mass is 32.2. The number of anilines is 4. The van der Waals surface area contributed by atoms with E-state index in [4.69, 9.17) is 22.9 Å². The van der Waals surface area contributed by atoms with Gasteiger partial charge in [0.25, 0.3) is 0 Å². The molecular formula is C24H22N4S3. The Bertz CT molecular complexity index is 1100. The second kappa shape index (κ2) is 9.51. The van der Waals surface area contributed by atoms with Crippen molar-refractivity contribution in [2.45, 2.75) is 29.4 Å². The minimum Gasteiger partial charge on any atom is -0.399 e. The first-order chi connectivity index (χ1) is 15.0. The van der Waals surface area contributed by atoms with E-state index < -0.39 is 0 Å². The first kappa shape index (κ1) is 21.4. The SMILES string of the molecule is Nc1ccc(Sc2ccc(Sc3ccc(Sc4ccc(N)cc4)c(N)c3)cc2N)cc1. The van der Waals surface area contributed by atoms with Gasteiger partial charge in [-0.3, -0.25) is 0 Å². The predicted octanol–water partition coefficient (Wildman–Crippen LogP) is 6.47. The lowest BCUT2D eigenvalue weighted by molar-refractivity contribution is 1.31. The van der Waals surface area contributed by atoms with E-state index in [1.807, 2.05) is 72.8 Å². The fourth-order valence-corrected chi connectivity index (χ4v) is 5.42. The fourth-order valence-electron chi connectivity index (χ4n) is 2.83. The summed E-state index contributed by atoms with van der Waals surface area (Å²) in [4.78, 5) is 6.37. The Labute approximate surface area is 194 Å². The van der Waals surface area contributed by atoms with E-state index in [0.29, 0.717) is 0 Å². The number of rotatable bonds is 6. The van der Waals surface area contributed by atoms with Gasteiger partial charge in [-0.25, -0.2) is 0 Å². The van der Waals surface area contributed by atoms with Gasteiger partial charge in [-0.1, -0.05) is 35.3 Å². The summed E-state index contributed by atoms with van der Waals surface area (Å²) in [7, 11) is 0. The molecule has 0 saturated heterocycles. The van der Waals surface area contributed by atoms with E-state index in [9.17, 15) is 0 Å². The summed E-state index contributed by atoms with van der Waals surface area (Å²) in [6.07, 6.45) is 0. The molecule has 7 heteroatoms. The Kier molecular flexibility index (Phi) is 6.56. The van der Waals surface area contributed by atoms with Crippen LogP contribution in [0.4, 0.5) is 22.7 Å². The van der Waals surface area contributed by atoms with Crippen molar-refractivity contribution in [3.8, 4) is 0 Å². The third-order valence-corrected chi connectivity index (χ3v) is 7.59. The molecule has 0 bridgehead atoms. The second-order valence-corrected chi connectivity index (χ2v) is 10.2. The molecule has 0 saturated carbocycles. The van der Waals surface area contributed by atoms with Crippen LogP contribution in [-0.4, -0.2) is 0 Å². The van der Waals surface area contributed by atoms with Gasteiger partial charge in [-0.2, -0.15) is 0 Å². The number of nitrogen functional groups attached to an aromatic ring is 4. The maximum atomic E-state index is 6.31. The third kappa shape index (κ3) is 5.64. The number of hydrogen-bond donors (Lipinski definition) is 4. The van der Waals surface area contributed by atoms with Crippen molar-refractivity contribution in [2.75, 3.05) is 22.9 Å². The summed E-state index contributed by atoms with van der Waals surface area (Å²) in [5, 5.41) is 0. The quantitative estimate of drug-likeness (QED) is 0.243. The van der Waals surface area contributed by atoms with Crippen molar-refractivity contribution in [1.29, 1.82) is 0 Å². The molecule has 4 nitrogen and oxygen atoms in total. The van der Waals surface area contributed by atoms with Crippen LogP contribution in [0.2, 0.25) is 0 Å². The number of benzene rings is 4. The molecule has 4 aromatic rings. The summed E-state index contributed by atoms with van der Waals surface area (Å²) in [5.74, 6) is 0. The van der Waals surface area contributed by atoms with Gasteiger partial charge in [-0.15, -0.1) is 0 Å². The van der Waals surface area contributed by atoms with Crippen molar-refractivity contribution >= 4 is 58.0 Å². The van der Waals surface area contributed by atoms with E-state index >= 15 is 0 Å². The maximum Gasteiger partial charge on any atom is 0.0467 e. The molecule has 156 valence electrons. The standard InChI is InChI=1S/C24H22N4S3/c25-15-1-5-17(6-2-15)30-23-11-9-19(13-21(23)27)29-20-10-12-24(22(28)14-20)31-18-7-3-16(26)4-8-18/h1-14H,25-28H2. The van der Waals surface area contributed by atoms with Gasteiger partial charge in [0.05, 0.1) is 0 Å². The third-order valence-electron chi connectivity index (χ3n) is 4.41. The molecule has 0 fully saturated rings. The van der Waals surface area contributed by atoms with Gasteiger partial charge in [0.15, 0.2) is 0 Å². The van der Waals surface area contributed by atoms with Crippen molar-refractivity contribution in [1.82, 2.24) is 0 Å². The van der Waals surface area contributed by atoms with E-state index in [1.165, 1.54) is 0 Å². The molecule has 0 spiro atoms. The molecule has 0 radical (unpaired) electrons. The van der Waals surface area contributed by atoms with Gasteiger partial charge < -0.3 is 22.9 Å². The molecule has 4 rings (SSSR count). The minimum absolute atomic E-state index is 0.746. The van der Waals surface area contributed by atoms with Crippen molar-refractivity contribution in [2.24, 2.45) is 0 Å². The van der Waals surface area contributed by atoms with Gasteiger partial charge in [-0.05, 0) is 84.9 Å². The molecule has 0 aliphatic rings. The van der Waals surface area contributed by atoms with Crippen LogP contribution in [0.15, 0.2) is 114 Å². The Morgan fingerprint density at radius 1 is 0.387 bits per heavy atom. The lowest BCUT2D eigenvalue weighted by Gasteiger charge is -2.10. The summed E-state index contributed by atoms with van der Waals surface area (Å²) < 4.78 is 0. The lowest BCUT2D eigenvalue weighted by Crippen LogP contribution is -1.91. The molecule has 8 N–H and O–H groups in total. The van der Waals surface area contributed by atoms with E-state index in [-0.39, 0.29) is 0 Å². The largest absolute Gasteiger partial charge is 0.399 e. The second-order valence-electron chi connectivity index (χ2n) is 6.84. The molecule has 0 amide bonds. The van der Waals surface area contributed by atoms with Crippen molar-refractivity contribution in [3.05, 3.63) is 84.9 Å². The summed E-state index contributed by atoms with van der Waals surface area (Å²) >= 11 is 4.89. The summed E-state index contributed by atoms with van der Waals surface area (Å²) in [6.45, 7) is 0. The predicted molar refractivity (Wildman–Crippen MR) is 136 cm³/mol. The highest BCUT2D eigenvalue weighted by Gasteiger charge is 2.08. The smallest absolute Gasteiger partial charge is 0.0467 e. The molecule has 0 aliphatic carbocycles. The van der Waals surface area contributed by atoms with Gasteiger partial charge in [0.1, 0.15) is 0 Å². The molecule has 0 atom stereocenters. The molecular weight excluding hydrogens is 440 g/mol. The van der Waals surface area contributed by atoms with Crippen molar-refractivity contribution < 1.29 is 0 Å². The normalized spacial score (nSPS) is 10.8. The van der Waals surface area contributed by atoms with Gasteiger partial charge in [0.2, 0.25) is 0 Å². The Morgan fingerprint density at radius 3 is 1.10 bits per heavy atom. The van der Waals surface area contributed by atoms with Crippen LogP contribution in [-0.2, 0) is 0 Å². The fraction of sp³-hybridized carbons (Fsp3) is 0. The highest BCUT2D eigenvalue weighted by Crippen LogP contribution is 2.39. The monoisotopic (exact) mass is 462 g/mol. The molecule has 0 aromatic heterocycles. The first-order valence-corrected chi connectivity index (χ1v) is 11.9. The van der Waals surface area contributed by atoms with Crippen LogP contribution in [0.25, 0.3) is 0 Å². The zero-order chi connectivity index (χ0) is 21.8. The lowest BCUT2D eigenvalue weighted by atomic mass is 10.3. The molecule has 4 aromatic carbocycles. The Balaban J connectivity index is 1.44. The van der Waals surface area contributed by atoms with Crippen LogP contribution >= 0.6 is 35.3 Å². The number of hydrogen-bond acceptors (Lipinski definition) is 7. The molecule has 0 aliphatic heterocycles. The topological polar surface area (TPSA) is 104 Å². The Morgan fingerprint density at radius 2 is 0.742 bits per heavy atom. The molecule has 31 heavy (non-hydrogen) atoms. The molecule has 0 unspecified atom stereocenters. The van der Waals surface area contributed by atoms with E-state index in [1.54, 1.807) is 35.3 Å². The van der Waals surface area contributed by atoms with Gasteiger partial charge in [0, 0.05) is 52.1 Å². The zero-order valence-electron chi connectivity index (χ0n) is 16.6. The average molecular weight is 463 g/mol. The summed E-state index contributed by atoms with van der Waals surface area (Å²) in [5.41, 5.74) is 27.1. The van der Waals surface area contributed by atoms with E-state index in [2.05, 4.69) is 12.1 Å².